The molecule has 1 aliphatic heterocycles. The van der Waals surface area contributed by atoms with Crippen molar-refractivity contribution in [1.29, 1.82) is 0 Å². The van der Waals surface area contributed by atoms with Crippen LogP contribution in [0, 0.1) is 23.7 Å². The summed E-state index contributed by atoms with van der Waals surface area (Å²) in [6.07, 6.45) is -1.99. The number of carboxylic acids is 1. The Morgan fingerprint density at radius 1 is 1.19 bits per heavy atom. The van der Waals surface area contributed by atoms with E-state index in [9.17, 15) is 27.9 Å². The van der Waals surface area contributed by atoms with Gasteiger partial charge in [0.1, 0.15) is 0 Å². The number of aliphatic carboxylic acids is 1. The van der Waals surface area contributed by atoms with Crippen LogP contribution in [0.1, 0.15) is 30.9 Å². The van der Waals surface area contributed by atoms with Gasteiger partial charge < -0.3 is 10.0 Å². The summed E-state index contributed by atoms with van der Waals surface area (Å²) < 4.78 is 37.8. The largest absolute Gasteiger partial charge is 0.481 e. The molecule has 4 nitrogen and oxygen atoms in total. The smallest absolute Gasteiger partial charge is 0.416 e. The van der Waals surface area contributed by atoms with E-state index in [1.54, 1.807) is 11.8 Å². The van der Waals surface area contributed by atoms with E-state index >= 15 is 0 Å². The molecular weight excluding hydrogens is 347 g/mol. The van der Waals surface area contributed by atoms with Crippen LogP contribution in [0.3, 0.4) is 0 Å². The van der Waals surface area contributed by atoms with Crippen LogP contribution in [-0.4, -0.2) is 35.0 Å². The molecule has 0 radical (unpaired) electrons. The fraction of sp³-hybridized carbons (Fsp3) is 0.579. The van der Waals surface area contributed by atoms with Crippen LogP contribution in [0.2, 0.25) is 0 Å². The average molecular weight is 369 g/mol. The Labute approximate surface area is 150 Å². The van der Waals surface area contributed by atoms with Gasteiger partial charge in [-0.05, 0) is 48.8 Å². The van der Waals surface area contributed by atoms with Crippen molar-refractivity contribution in [2.24, 2.45) is 23.7 Å². The maximum Gasteiger partial charge on any atom is 0.416 e. The van der Waals surface area contributed by atoms with Crippen molar-refractivity contribution >= 4 is 11.9 Å². The first-order valence-electron chi connectivity index (χ1n) is 8.84. The number of amides is 1. The van der Waals surface area contributed by atoms with Crippen LogP contribution >= 0.6 is 0 Å². The first-order valence-corrected chi connectivity index (χ1v) is 8.84. The molecule has 1 amide bonds. The summed E-state index contributed by atoms with van der Waals surface area (Å²) in [7, 11) is 0. The number of carboxylic acid groups (broad SMARTS) is 1. The molecule has 26 heavy (non-hydrogen) atoms. The molecule has 1 N–H and O–H groups in total. The van der Waals surface area contributed by atoms with Crippen LogP contribution in [0.5, 0.6) is 0 Å². The second-order valence-electron chi connectivity index (χ2n) is 7.49. The number of benzene rings is 1. The molecule has 2 fully saturated rings. The standard InChI is InChI=1S/C19H22F3NO3/c1-11(8-12-2-6-14(7-3-12)19(20,21)22)17(24)23-9-15(13-4-5-13)16(10-23)18(25)26/h2-3,6-7,11,13,15-16H,4-5,8-10H2,1H3,(H,25,26)/t11?,15-,16+/m1/s1. The van der Waals surface area contributed by atoms with Gasteiger partial charge in [0.25, 0.3) is 0 Å². The molecule has 3 atom stereocenters. The number of likely N-dealkylation sites (tertiary alicyclic amines) is 1. The lowest BCUT2D eigenvalue weighted by Crippen LogP contribution is -2.35. The number of nitrogens with zero attached hydrogens (tertiary/aromatic N) is 1. The second-order valence-corrected chi connectivity index (χ2v) is 7.49. The van der Waals surface area contributed by atoms with Crippen molar-refractivity contribution in [3.05, 3.63) is 35.4 Å². The molecule has 7 heteroatoms. The number of hydrogen-bond donors (Lipinski definition) is 1. The van der Waals surface area contributed by atoms with E-state index in [4.69, 9.17) is 0 Å². The Morgan fingerprint density at radius 3 is 2.31 bits per heavy atom. The van der Waals surface area contributed by atoms with E-state index in [0.717, 1.165) is 25.0 Å². The lowest BCUT2D eigenvalue weighted by atomic mass is 9.92. The summed E-state index contributed by atoms with van der Waals surface area (Å²) in [4.78, 5) is 25.8. The Hall–Kier alpha value is -2.05. The highest BCUT2D eigenvalue weighted by atomic mass is 19.4. The third-order valence-electron chi connectivity index (χ3n) is 5.47. The zero-order valence-electron chi connectivity index (χ0n) is 14.5. The van der Waals surface area contributed by atoms with Crippen molar-refractivity contribution in [2.75, 3.05) is 13.1 Å². The van der Waals surface area contributed by atoms with Gasteiger partial charge in [-0.25, -0.2) is 0 Å². The predicted octanol–water partition coefficient (Wildman–Crippen LogP) is 3.45. The summed E-state index contributed by atoms with van der Waals surface area (Å²) in [5.74, 6) is -1.47. The molecule has 1 aliphatic carbocycles. The quantitative estimate of drug-likeness (QED) is 0.865. The molecule has 1 aromatic carbocycles. The molecular formula is C19H22F3NO3. The number of alkyl halides is 3. The zero-order chi connectivity index (χ0) is 19.1. The zero-order valence-corrected chi connectivity index (χ0v) is 14.5. The lowest BCUT2D eigenvalue weighted by molar-refractivity contribution is -0.143. The average Bonchev–Trinajstić information content (AvgIpc) is 3.32. The van der Waals surface area contributed by atoms with Gasteiger partial charge in [-0.15, -0.1) is 0 Å². The summed E-state index contributed by atoms with van der Waals surface area (Å²) in [5.41, 5.74) is -0.0528. The van der Waals surface area contributed by atoms with Crippen molar-refractivity contribution in [2.45, 2.75) is 32.4 Å². The van der Waals surface area contributed by atoms with Crippen LogP contribution in [0.25, 0.3) is 0 Å². The maximum atomic E-state index is 12.7. The first kappa shape index (κ1) is 18.7. The topological polar surface area (TPSA) is 57.6 Å². The van der Waals surface area contributed by atoms with E-state index < -0.39 is 29.5 Å². The minimum absolute atomic E-state index is 0.0229. The third-order valence-corrected chi connectivity index (χ3v) is 5.47. The van der Waals surface area contributed by atoms with Crippen LogP contribution in [0.15, 0.2) is 24.3 Å². The number of carbonyl (C=O) groups is 2. The predicted molar refractivity (Wildman–Crippen MR) is 88.2 cm³/mol. The van der Waals surface area contributed by atoms with E-state index in [1.807, 2.05) is 0 Å². The Kier molecular flexibility index (Phi) is 4.99. The van der Waals surface area contributed by atoms with Crippen molar-refractivity contribution in [3.8, 4) is 0 Å². The van der Waals surface area contributed by atoms with E-state index in [1.165, 1.54) is 12.1 Å². The molecule has 1 saturated carbocycles. The summed E-state index contributed by atoms with van der Waals surface area (Å²) in [6, 6.07) is 4.82. The first-order chi connectivity index (χ1) is 12.2. The van der Waals surface area contributed by atoms with Gasteiger partial charge in [0.05, 0.1) is 11.5 Å². The molecule has 1 aromatic rings. The minimum Gasteiger partial charge on any atom is -0.481 e. The fourth-order valence-corrected chi connectivity index (χ4v) is 3.85. The van der Waals surface area contributed by atoms with Crippen molar-refractivity contribution in [1.82, 2.24) is 4.90 Å². The third kappa shape index (κ3) is 4.02. The minimum atomic E-state index is -4.38. The molecule has 142 valence electrons. The normalized spacial score (nSPS) is 24.5. The highest BCUT2D eigenvalue weighted by Gasteiger charge is 2.47. The van der Waals surface area contributed by atoms with Gasteiger partial charge >= 0.3 is 12.1 Å². The molecule has 1 saturated heterocycles. The Bertz CT molecular complexity index is 682. The van der Waals surface area contributed by atoms with Crippen molar-refractivity contribution in [3.63, 3.8) is 0 Å². The van der Waals surface area contributed by atoms with Gasteiger partial charge in [0, 0.05) is 19.0 Å². The molecule has 1 unspecified atom stereocenters. The van der Waals surface area contributed by atoms with E-state index in [2.05, 4.69) is 0 Å². The van der Waals surface area contributed by atoms with Gasteiger partial charge in [0.15, 0.2) is 0 Å². The fourth-order valence-electron chi connectivity index (χ4n) is 3.85. The monoisotopic (exact) mass is 369 g/mol. The van der Waals surface area contributed by atoms with Gasteiger partial charge in [-0.1, -0.05) is 19.1 Å². The highest BCUT2D eigenvalue weighted by molar-refractivity contribution is 5.81. The number of carbonyl (C=O) groups excluding carboxylic acids is 1. The van der Waals surface area contributed by atoms with E-state index in [0.29, 0.717) is 24.4 Å². The Balaban J connectivity index is 1.62. The van der Waals surface area contributed by atoms with E-state index in [-0.39, 0.29) is 18.4 Å². The van der Waals surface area contributed by atoms with Gasteiger partial charge in [0.2, 0.25) is 5.91 Å². The molecule has 0 spiro atoms. The second kappa shape index (κ2) is 6.93. The van der Waals surface area contributed by atoms with Crippen LogP contribution in [-0.2, 0) is 22.2 Å². The van der Waals surface area contributed by atoms with Crippen molar-refractivity contribution < 1.29 is 27.9 Å². The highest BCUT2D eigenvalue weighted by Crippen LogP contribution is 2.44. The van der Waals surface area contributed by atoms with Crippen LogP contribution < -0.4 is 0 Å². The molecule has 0 aromatic heterocycles. The van der Waals surface area contributed by atoms with Gasteiger partial charge in [-0.3, -0.25) is 9.59 Å². The number of hydrogen-bond acceptors (Lipinski definition) is 2. The van der Waals surface area contributed by atoms with Crippen LogP contribution in [0.4, 0.5) is 13.2 Å². The summed E-state index contributed by atoms with van der Waals surface area (Å²) >= 11 is 0. The number of halogens is 3. The summed E-state index contributed by atoms with van der Waals surface area (Å²) in [5, 5.41) is 9.40. The molecule has 0 bridgehead atoms. The lowest BCUT2D eigenvalue weighted by Gasteiger charge is -2.21. The number of rotatable bonds is 5. The van der Waals surface area contributed by atoms with Gasteiger partial charge in [-0.2, -0.15) is 13.2 Å². The summed E-state index contributed by atoms with van der Waals surface area (Å²) in [6.45, 7) is 2.44. The molecule has 1 heterocycles. The molecule has 3 rings (SSSR count). The maximum absolute atomic E-state index is 12.7. The Morgan fingerprint density at radius 2 is 1.81 bits per heavy atom. The molecule has 2 aliphatic rings. The SMILES string of the molecule is CC(Cc1ccc(C(F)(F)F)cc1)C(=O)N1C[C@H](C(=O)O)[C@@H](C2CC2)C1.